The van der Waals surface area contributed by atoms with Crippen molar-refractivity contribution in [3.8, 4) is 22.6 Å². The van der Waals surface area contributed by atoms with Crippen molar-refractivity contribution in [2.24, 2.45) is 0 Å². The summed E-state index contributed by atoms with van der Waals surface area (Å²) in [6.45, 7) is 9.13. The van der Waals surface area contributed by atoms with Crippen LogP contribution in [0, 0.1) is 0 Å². The third kappa shape index (κ3) is 6.17. The molecule has 3 N–H and O–H groups in total. The lowest BCUT2D eigenvalue weighted by Gasteiger charge is -2.46. The number of piperidine rings is 1. The van der Waals surface area contributed by atoms with Gasteiger partial charge in [0.15, 0.2) is 0 Å². The van der Waals surface area contributed by atoms with Gasteiger partial charge in [0.1, 0.15) is 18.1 Å². The number of amides is 1. The fourth-order valence-electron chi connectivity index (χ4n) is 5.06. The number of phenols is 1. The van der Waals surface area contributed by atoms with E-state index in [-0.39, 0.29) is 28.8 Å². The third-order valence-corrected chi connectivity index (χ3v) is 6.16. The zero-order valence-corrected chi connectivity index (χ0v) is 20.4. The van der Waals surface area contributed by atoms with E-state index in [4.69, 9.17) is 4.74 Å². The predicted octanol–water partition coefficient (Wildman–Crippen LogP) is 5.68. The summed E-state index contributed by atoms with van der Waals surface area (Å²) >= 11 is 0. The molecular weight excluding hydrogens is 424 g/mol. The van der Waals surface area contributed by atoms with Gasteiger partial charge >= 0.3 is 0 Å². The van der Waals surface area contributed by atoms with Gasteiger partial charge in [-0.25, -0.2) is 0 Å². The molecule has 3 aromatic rings. The van der Waals surface area contributed by atoms with Gasteiger partial charge in [-0.15, -0.1) is 0 Å². The van der Waals surface area contributed by atoms with Gasteiger partial charge in [0.2, 0.25) is 0 Å². The van der Waals surface area contributed by atoms with Crippen LogP contribution >= 0.6 is 0 Å². The van der Waals surface area contributed by atoms with E-state index in [0.717, 1.165) is 35.3 Å². The second kappa shape index (κ2) is 9.51. The monoisotopic (exact) mass is 458 g/mol. The van der Waals surface area contributed by atoms with Crippen LogP contribution in [0.3, 0.4) is 0 Å². The van der Waals surface area contributed by atoms with Gasteiger partial charge in [0.25, 0.3) is 5.91 Å². The van der Waals surface area contributed by atoms with Crippen LogP contribution in [0.2, 0.25) is 0 Å². The van der Waals surface area contributed by atoms with E-state index in [1.54, 1.807) is 12.1 Å². The van der Waals surface area contributed by atoms with Crippen LogP contribution in [0.25, 0.3) is 11.1 Å². The Kier molecular flexibility index (Phi) is 6.67. The van der Waals surface area contributed by atoms with E-state index >= 15 is 0 Å². The summed E-state index contributed by atoms with van der Waals surface area (Å²) in [5.41, 5.74) is 3.52. The maximum absolute atomic E-state index is 12.8. The van der Waals surface area contributed by atoms with Crippen molar-refractivity contribution in [2.45, 2.75) is 64.3 Å². The second-order valence-electron chi connectivity index (χ2n) is 10.5. The Labute approximate surface area is 202 Å². The molecule has 5 nitrogen and oxygen atoms in total. The predicted molar refractivity (Wildman–Crippen MR) is 136 cm³/mol. The minimum Gasteiger partial charge on any atom is -0.508 e. The van der Waals surface area contributed by atoms with Crippen molar-refractivity contribution in [3.05, 3.63) is 83.9 Å². The number of nitrogens with one attached hydrogen (secondary N) is 2. The number of benzene rings is 3. The summed E-state index contributed by atoms with van der Waals surface area (Å²) in [4.78, 5) is 12.8. The highest BCUT2D eigenvalue weighted by Crippen LogP contribution is 2.29. The number of rotatable bonds is 6. The molecule has 0 unspecified atom stereocenters. The fraction of sp³-hybridized carbons (Fsp3) is 0.345. The normalized spacial score (nSPS) is 17.2. The Morgan fingerprint density at radius 2 is 1.56 bits per heavy atom. The molecule has 3 aromatic carbocycles. The average Bonchev–Trinajstić information content (AvgIpc) is 2.76. The van der Waals surface area contributed by atoms with Gasteiger partial charge in [0.05, 0.1) is 0 Å². The molecule has 1 aliphatic heterocycles. The molecule has 0 saturated carbocycles. The van der Waals surface area contributed by atoms with Crippen LogP contribution in [0.5, 0.6) is 11.5 Å². The van der Waals surface area contributed by atoms with E-state index in [1.807, 2.05) is 60.7 Å². The lowest BCUT2D eigenvalue weighted by Crippen LogP contribution is -2.62. The van der Waals surface area contributed by atoms with Gasteiger partial charge in [-0.05, 0) is 93.6 Å². The van der Waals surface area contributed by atoms with Crippen LogP contribution in [0.15, 0.2) is 72.8 Å². The largest absolute Gasteiger partial charge is 0.508 e. The molecule has 0 radical (unpaired) electrons. The van der Waals surface area contributed by atoms with Gasteiger partial charge in [0, 0.05) is 22.7 Å². The molecule has 34 heavy (non-hydrogen) atoms. The Morgan fingerprint density at radius 3 is 2.21 bits per heavy atom. The molecule has 0 spiro atoms. The minimum atomic E-state index is -0.0372. The molecular formula is C29H34N2O3. The third-order valence-electron chi connectivity index (χ3n) is 6.16. The van der Waals surface area contributed by atoms with E-state index < -0.39 is 0 Å². The molecule has 1 aliphatic rings. The van der Waals surface area contributed by atoms with E-state index in [0.29, 0.717) is 12.2 Å². The number of ether oxygens (including phenoxy) is 1. The Balaban J connectivity index is 1.35. The van der Waals surface area contributed by atoms with Crippen molar-refractivity contribution < 1.29 is 14.6 Å². The van der Waals surface area contributed by atoms with Crippen molar-refractivity contribution >= 4 is 5.91 Å². The highest BCUT2D eigenvalue weighted by Gasteiger charge is 2.38. The second-order valence-corrected chi connectivity index (χ2v) is 10.5. The summed E-state index contributed by atoms with van der Waals surface area (Å²) in [6.07, 6.45) is 1.80. The number of hydrogen-bond donors (Lipinski definition) is 3. The first kappa shape index (κ1) is 23.8. The summed E-state index contributed by atoms with van der Waals surface area (Å²) in [6, 6.07) is 22.7. The molecule has 178 valence electrons. The first-order chi connectivity index (χ1) is 16.1. The molecule has 1 amide bonds. The van der Waals surface area contributed by atoms with Gasteiger partial charge in [-0.2, -0.15) is 0 Å². The van der Waals surface area contributed by atoms with Crippen molar-refractivity contribution in [2.75, 3.05) is 0 Å². The van der Waals surface area contributed by atoms with Crippen LogP contribution in [0.1, 0.15) is 56.5 Å². The number of carbonyl (C=O) groups is 1. The van der Waals surface area contributed by atoms with Crippen molar-refractivity contribution in [1.82, 2.24) is 10.6 Å². The number of phenolic OH excluding ortho intramolecular Hbond substituents is 1. The molecule has 1 saturated heterocycles. The molecule has 1 fully saturated rings. The summed E-state index contributed by atoms with van der Waals surface area (Å²) in [5.74, 6) is 0.948. The van der Waals surface area contributed by atoms with E-state index in [1.165, 1.54) is 0 Å². The Bertz CT molecular complexity index is 1140. The molecule has 5 heteroatoms. The molecule has 0 aliphatic carbocycles. The van der Waals surface area contributed by atoms with E-state index in [9.17, 15) is 9.90 Å². The lowest BCUT2D eigenvalue weighted by atomic mass is 9.79. The van der Waals surface area contributed by atoms with Gasteiger partial charge in [-0.1, -0.05) is 36.4 Å². The zero-order chi connectivity index (χ0) is 24.3. The number of carbonyl (C=O) groups excluding carboxylic acids is 1. The Morgan fingerprint density at radius 1 is 0.941 bits per heavy atom. The average molecular weight is 459 g/mol. The quantitative estimate of drug-likeness (QED) is 0.445. The van der Waals surface area contributed by atoms with E-state index in [2.05, 4.69) is 38.3 Å². The van der Waals surface area contributed by atoms with Gasteiger partial charge < -0.3 is 20.5 Å². The van der Waals surface area contributed by atoms with Crippen molar-refractivity contribution in [1.29, 1.82) is 0 Å². The number of hydrogen-bond acceptors (Lipinski definition) is 4. The number of aromatic hydroxyl groups is 1. The minimum absolute atomic E-state index is 0.0148. The molecule has 0 bridgehead atoms. The smallest absolute Gasteiger partial charge is 0.251 e. The summed E-state index contributed by atoms with van der Waals surface area (Å²) in [7, 11) is 0. The van der Waals surface area contributed by atoms with Crippen LogP contribution in [-0.4, -0.2) is 28.1 Å². The van der Waals surface area contributed by atoms with Gasteiger partial charge in [-0.3, -0.25) is 4.79 Å². The standard InChI is InChI=1S/C29H34N2O3/c1-28(2)17-24(18-29(3,4)31-28)30-27(33)21-13-11-20(12-14-21)19-34-26-10-6-8-23(16-26)22-7-5-9-25(32)15-22/h5-16,24,31-32H,17-19H2,1-4H3,(H,30,33). The van der Waals surface area contributed by atoms with Crippen LogP contribution in [0.4, 0.5) is 0 Å². The Hall–Kier alpha value is -3.31. The maximum Gasteiger partial charge on any atom is 0.251 e. The van der Waals surface area contributed by atoms with Crippen LogP contribution in [-0.2, 0) is 6.61 Å². The molecule has 0 aromatic heterocycles. The first-order valence-electron chi connectivity index (χ1n) is 11.8. The zero-order valence-electron chi connectivity index (χ0n) is 20.4. The highest BCUT2D eigenvalue weighted by molar-refractivity contribution is 5.94. The fourth-order valence-corrected chi connectivity index (χ4v) is 5.06. The maximum atomic E-state index is 12.8. The summed E-state index contributed by atoms with van der Waals surface area (Å²) in [5, 5.41) is 16.6. The lowest BCUT2D eigenvalue weighted by molar-refractivity contribution is 0.0873. The molecule has 1 heterocycles. The molecule has 4 rings (SSSR count). The van der Waals surface area contributed by atoms with Crippen molar-refractivity contribution in [3.63, 3.8) is 0 Å². The van der Waals surface area contributed by atoms with Crippen LogP contribution < -0.4 is 15.4 Å². The topological polar surface area (TPSA) is 70.6 Å². The first-order valence-corrected chi connectivity index (χ1v) is 11.8. The highest BCUT2D eigenvalue weighted by atomic mass is 16.5. The molecule has 0 atom stereocenters. The summed E-state index contributed by atoms with van der Waals surface area (Å²) < 4.78 is 5.98. The SMILES string of the molecule is CC1(C)CC(NC(=O)c2ccc(COc3cccc(-c4cccc(O)c4)c3)cc2)CC(C)(C)N1.